The first kappa shape index (κ1) is 14.9. The van der Waals surface area contributed by atoms with Crippen LogP contribution in [0.3, 0.4) is 0 Å². The average Bonchev–Trinajstić information content (AvgIpc) is 2.84. The van der Waals surface area contributed by atoms with Gasteiger partial charge in [-0.3, -0.25) is 4.79 Å². The third kappa shape index (κ3) is 2.98. The van der Waals surface area contributed by atoms with E-state index in [-0.39, 0.29) is 30.0 Å². The number of amides is 1. The summed E-state index contributed by atoms with van der Waals surface area (Å²) in [7, 11) is 0. The molecular formula is C15H20F2N2O. The summed E-state index contributed by atoms with van der Waals surface area (Å²) >= 11 is 0. The van der Waals surface area contributed by atoms with E-state index < -0.39 is 11.6 Å². The van der Waals surface area contributed by atoms with Crippen molar-refractivity contribution in [1.29, 1.82) is 0 Å². The van der Waals surface area contributed by atoms with E-state index in [4.69, 9.17) is 5.73 Å². The van der Waals surface area contributed by atoms with Gasteiger partial charge in [-0.05, 0) is 31.9 Å². The molecule has 5 heteroatoms. The van der Waals surface area contributed by atoms with Crippen molar-refractivity contribution in [3.8, 4) is 0 Å². The molecule has 2 atom stereocenters. The largest absolute Gasteiger partial charge is 0.338 e. The van der Waals surface area contributed by atoms with Gasteiger partial charge in [-0.15, -0.1) is 0 Å². The maximum atomic E-state index is 13.7. The van der Waals surface area contributed by atoms with Crippen LogP contribution in [-0.4, -0.2) is 23.4 Å². The maximum absolute atomic E-state index is 13.7. The number of carbonyl (C=O) groups is 1. The van der Waals surface area contributed by atoms with Crippen molar-refractivity contribution >= 4 is 5.91 Å². The highest BCUT2D eigenvalue weighted by atomic mass is 19.1. The van der Waals surface area contributed by atoms with Gasteiger partial charge in [0.25, 0.3) is 0 Å². The van der Waals surface area contributed by atoms with Gasteiger partial charge in [0, 0.05) is 18.2 Å². The van der Waals surface area contributed by atoms with Gasteiger partial charge in [0.05, 0.1) is 12.5 Å². The van der Waals surface area contributed by atoms with Crippen molar-refractivity contribution < 1.29 is 13.6 Å². The molecule has 0 saturated heterocycles. The molecule has 0 radical (unpaired) electrons. The Balaban J connectivity index is 2.14. The quantitative estimate of drug-likeness (QED) is 0.922. The normalized spacial score (nSPS) is 22.0. The van der Waals surface area contributed by atoms with Crippen LogP contribution in [0.2, 0.25) is 0 Å². The van der Waals surface area contributed by atoms with Crippen molar-refractivity contribution in [2.75, 3.05) is 6.54 Å². The van der Waals surface area contributed by atoms with Gasteiger partial charge in [0.1, 0.15) is 11.6 Å². The lowest BCUT2D eigenvalue weighted by Crippen LogP contribution is -2.41. The second kappa shape index (κ2) is 6.31. The fraction of sp³-hybridized carbons (Fsp3) is 0.533. The summed E-state index contributed by atoms with van der Waals surface area (Å²) in [5.74, 6) is -1.55. The molecule has 0 aromatic heterocycles. The van der Waals surface area contributed by atoms with E-state index in [1.165, 1.54) is 23.1 Å². The van der Waals surface area contributed by atoms with Crippen molar-refractivity contribution in [1.82, 2.24) is 4.90 Å². The molecule has 2 rings (SSSR count). The van der Waals surface area contributed by atoms with Gasteiger partial charge in [0.15, 0.2) is 0 Å². The van der Waals surface area contributed by atoms with Crippen LogP contribution in [0.4, 0.5) is 8.78 Å². The van der Waals surface area contributed by atoms with Crippen LogP contribution in [0.5, 0.6) is 0 Å². The van der Waals surface area contributed by atoms with Crippen LogP contribution in [-0.2, 0) is 11.3 Å². The summed E-state index contributed by atoms with van der Waals surface area (Å²) in [5, 5.41) is 0. The molecular weight excluding hydrogens is 262 g/mol. The number of nitrogens with two attached hydrogens (primary N) is 1. The van der Waals surface area contributed by atoms with E-state index in [0.29, 0.717) is 6.54 Å². The Hall–Kier alpha value is -1.49. The van der Waals surface area contributed by atoms with Gasteiger partial charge in [-0.25, -0.2) is 8.78 Å². The van der Waals surface area contributed by atoms with Crippen LogP contribution in [0, 0.1) is 17.6 Å². The van der Waals surface area contributed by atoms with Gasteiger partial charge >= 0.3 is 0 Å². The van der Waals surface area contributed by atoms with Crippen LogP contribution < -0.4 is 5.73 Å². The van der Waals surface area contributed by atoms with Crippen LogP contribution in [0.25, 0.3) is 0 Å². The summed E-state index contributed by atoms with van der Waals surface area (Å²) < 4.78 is 27.3. The third-order valence-corrected chi connectivity index (χ3v) is 3.99. The summed E-state index contributed by atoms with van der Waals surface area (Å²) in [6, 6.07) is 3.59. The number of halogens is 2. The van der Waals surface area contributed by atoms with Crippen molar-refractivity contribution in [3.05, 3.63) is 35.4 Å². The molecule has 1 amide bonds. The highest BCUT2D eigenvalue weighted by Gasteiger charge is 2.33. The fourth-order valence-corrected chi connectivity index (χ4v) is 2.75. The predicted octanol–water partition coefficient (Wildman–Crippen LogP) is 2.44. The molecule has 0 aliphatic heterocycles. The topological polar surface area (TPSA) is 46.3 Å². The highest BCUT2D eigenvalue weighted by Crippen LogP contribution is 2.27. The van der Waals surface area contributed by atoms with Gasteiger partial charge < -0.3 is 10.6 Å². The van der Waals surface area contributed by atoms with E-state index in [1.807, 2.05) is 0 Å². The molecule has 110 valence electrons. The zero-order valence-corrected chi connectivity index (χ0v) is 11.6. The molecule has 0 heterocycles. The average molecular weight is 282 g/mol. The number of nitrogens with zero attached hydrogens (tertiary/aromatic N) is 1. The molecule has 0 unspecified atom stereocenters. The molecule has 1 aromatic carbocycles. The molecule has 0 spiro atoms. The predicted molar refractivity (Wildman–Crippen MR) is 72.8 cm³/mol. The van der Waals surface area contributed by atoms with Gasteiger partial charge in [0.2, 0.25) is 5.91 Å². The molecule has 20 heavy (non-hydrogen) atoms. The lowest BCUT2D eigenvalue weighted by atomic mass is 10.0. The van der Waals surface area contributed by atoms with E-state index in [1.54, 1.807) is 6.92 Å². The van der Waals surface area contributed by atoms with Crippen molar-refractivity contribution in [2.24, 2.45) is 11.7 Å². The Morgan fingerprint density at radius 2 is 2.00 bits per heavy atom. The zero-order chi connectivity index (χ0) is 14.7. The van der Waals surface area contributed by atoms with Crippen LogP contribution >= 0.6 is 0 Å². The monoisotopic (exact) mass is 282 g/mol. The first-order valence-electron chi connectivity index (χ1n) is 7.01. The highest BCUT2D eigenvalue weighted by molar-refractivity contribution is 5.79. The summed E-state index contributed by atoms with van der Waals surface area (Å²) in [4.78, 5) is 13.9. The summed E-state index contributed by atoms with van der Waals surface area (Å²) in [6.45, 7) is 2.17. The second-order valence-electron chi connectivity index (χ2n) is 5.25. The van der Waals surface area contributed by atoms with E-state index in [2.05, 4.69) is 0 Å². The third-order valence-electron chi connectivity index (χ3n) is 3.99. The lowest BCUT2D eigenvalue weighted by Gasteiger charge is -2.26. The van der Waals surface area contributed by atoms with Crippen molar-refractivity contribution in [2.45, 2.75) is 38.8 Å². The Morgan fingerprint density at radius 3 is 2.50 bits per heavy atom. The van der Waals surface area contributed by atoms with Gasteiger partial charge in [-0.2, -0.15) is 0 Å². The number of hydrogen-bond acceptors (Lipinski definition) is 2. The SMILES string of the molecule is CCN(Cc1c(F)cccc1F)C(=O)[C@@H]1CCC[C@@H]1N. The van der Waals surface area contributed by atoms with E-state index in [0.717, 1.165) is 19.3 Å². The summed E-state index contributed by atoms with van der Waals surface area (Å²) in [5.41, 5.74) is 5.87. The molecule has 1 aromatic rings. The minimum atomic E-state index is -0.619. The number of carbonyl (C=O) groups excluding carboxylic acids is 1. The molecule has 1 aliphatic carbocycles. The molecule has 0 bridgehead atoms. The molecule has 1 fully saturated rings. The molecule has 3 nitrogen and oxygen atoms in total. The number of benzene rings is 1. The Labute approximate surface area is 117 Å². The molecule has 1 aliphatic rings. The Bertz CT molecular complexity index is 473. The minimum absolute atomic E-state index is 0.0446. The van der Waals surface area contributed by atoms with Crippen molar-refractivity contribution in [3.63, 3.8) is 0 Å². The van der Waals surface area contributed by atoms with Crippen LogP contribution in [0.1, 0.15) is 31.7 Å². The molecule has 1 saturated carbocycles. The standard InChI is InChI=1S/C15H20F2N2O/c1-2-19(15(20)10-5-3-8-14(10)18)9-11-12(16)6-4-7-13(11)17/h4,6-7,10,14H,2-3,5,8-9,18H2,1H3/t10-,14+/m1/s1. The van der Waals surface area contributed by atoms with E-state index in [9.17, 15) is 13.6 Å². The number of rotatable bonds is 4. The first-order chi connectivity index (χ1) is 9.54. The minimum Gasteiger partial charge on any atom is -0.338 e. The zero-order valence-electron chi connectivity index (χ0n) is 11.6. The Kier molecular flexibility index (Phi) is 4.70. The lowest BCUT2D eigenvalue weighted by molar-refractivity contribution is -0.136. The molecule has 2 N–H and O–H groups in total. The first-order valence-corrected chi connectivity index (χ1v) is 7.01. The summed E-state index contributed by atoms with van der Waals surface area (Å²) in [6.07, 6.45) is 2.53. The Morgan fingerprint density at radius 1 is 1.35 bits per heavy atom. The fourth-order valence-electron chi connectivity index (χ4n) is 2.75. The maximum Gasteiger partial charge on any atom is 0.227 e. The smallest absolute Gasteiger partial charge is 0.227 e. The van der Waals surface area contributed by atoms with Gasteiger partial charge in [-0.1, -0.05) is 12.5 Å². The number of hydrogen-bond donors (Lipinski definition) is 1. The van der Waals surface area contributed by atoms with E-state index >= 15 is 0 Å². The second-order valence-corrected chi connectivity index (χ2v) is 5.25. The van der Waals surface area contributed by atoms with Crippen LogP contribution in [0.15, 0.2) is 18.2 Å².